The molecule has 0 aromatic heterocycles. The molecular formula is C16H23IN2O. The number of carbonyl (C=O) groups excluding carboxylic acids is 1. The van der Waals surface area contributed by atoms with Crippen molar-refractivity contribution in [3.05, 3.63) is 32.9 Å². The molecule has 1 fully saturated rings. The topological polar surface area (TPSA) is 32.3 Å². The first-order valence-electron chi connectivity index (χ1n) is 7.30. The van der Waals surface area contributed by atoms with Gasteiger partial charge in [-0.2, -0.15) is 0 Å². The van der Waals surface area contributed by atoms with Gasteiger partial charge in [0.05, 0.1) is 5.56 Å². The van der Waals surface area contributed by atoms with E-state index in [1.54, 1.807) is 0 Å². The van der Waals surface area contributed by atoms with Crippen LogP contribution in [0.15, 0.2) is 18.2 Å². The van der Waals surface area contributed by atoms with Crippen LogP contribution >= 0.6 is 22.6 Å². The second-order valence-electron chi connectivity index (χ2n) is 5.78. The summed E-state index contributed by atoms with van der Waals surface area (Å²) in [5.74, 6) is 0.154. The molecule has 20 heavy (non-hydrogen) atoms. The maximum atomic E-state index is 12.8. The van der Waals surface area contributed by atoms with Crippen LogP contribution < -0.4 is 5.32 Å². The average Bonchev–Trinajstić information content (AvgIpc) is 2.91. The number of amides is 1. The van der Waals surface area contributed by atoms with Crippen molar-refractivity contribution in [2.75, 3.05) is 13.1 Å². The van der Waals surface area contributed by atoms with Crippen molar-refractivity contribution >= 4 is 28.5 Å². The summed E-state index contributed by atoms with van der Waals surface area (Å²) in [5, 5.41) is 3.48. The van der Waals surface area contributed by atoms with Crippen LogP contribution in [0.2, 0.25) is 0 Å². The van der Waals surface area contributed by atoms with Crippen LogP contribution in [0.4, 0.5) is 0 Å². The Labute approximate surface area is 135 Å². The normalized spacial score (nSPS) is 18.6. The van der Waals surface area contributed by atoms with Crippen LogP contribution in [-0.4, -0.2) is 36.0 Å². The molecule has 1 aromatic carbocycles. The SMILES string of the molecule is Cc1cccc(C(=O)N(CC2CCCN2)C(C)C)c1I. The second kappa shape index (κ2) is 6.89. The molecule has 3 nitrogen and oxygen atoms in total. The molecule has 1 aliphatic rings. The molecule has 1 heterocycles. The molecule has 2 rings (SSSR count). The molecule has 1 N–H and O–H groups in total. The maximum Gasteiger partial charge on any atom is 0.255 e. The van der Waals surface area contributed by atoms with Crippen LogP contribution in [0, 0.1) is 10.5 Å². The van der Waals surface area contributed by atoms with Gasteiger partial charge in [0.1, 0.15) is 0 Å². The van der Waals surface area contributed by atoms with E-state index in [1.807, 2.05) is 17.0 Å². The highest BCUT2D eigenvalue weighted by molar-refractivity contribution is 14.1. The van der Waals surface area contributed by atoms with Crippen LogP contribution in [-0.2, 0) is 0 Å². The number of aryl methyl sites for hydroxylation is 1. The minimum absolute atomic E-state index is 0.154. The predicted octanol–water partition coefficient (Wildman–Crippen LogP) is 3.20. The highest BCUT2D eigenvalue weighted by Crippen LogP contribution is 2.20. The zero-order valence-electron chi connectivity index (χ0n) is 12.4. The second-order valence-corrected chi connectivity index (χ2v) is 6.86. The Balaban J connectivity index is 2.19. The zero-order valence-corrected chi connectivity index (χ0v) is 14.6. The van der Waals surface area contributed by atoms with Crippen molar-refractivity contribution in [3.63, 3.8) is 0 Å². The third-order valence-electron chi connectivity index (χ3n) is 3.89. The van der Waals surface area contributed by atoms with Crippen molar-refractivity contribution in [2.24, 2.45) is 0 Å². The van der Waals surface area contributed by atoms with Crippen LogP contribution in [0.1, 0.15) is 42.6 Å². The Kier molecular flexibility index (Phi) is 5.43. The highest BCUT2D eigenvalue weighted by Gasteiger charge is 2.25. The first-order valence-corrected chi connectivity index (χ1v) is 8.38. The number of halogens is 1. The molecule has 1 unspecified atom stereocenters. The minimum atomic E-state index is 0.154. The van der Waals surface area contributed by atoms with E-state index in [9.17, 15) is 4.79 Å². The van der Waals surface area contributed by atoms with Gasteiger partial charge in [-0.25, -0.2) is 0 Å². The predicted molar refractivity (Wildman–Crippen MR) is 91.1 cm³/mol. The summed E-state index contributed by atoms with van der Waals surface area (Å²) in [4.78, 5) is 14.8. The van der Waals surface area contributed by atoms with Crippen molar-refractivity contribution in [2.45, 2.75) is 45.7 Å². The summed E-state index contributed by atoms with van der Waals surface area (Å²) < 4.78 is 1.07. The molecule has 110 valence electrons. The van der Waals surface area contributed by atoms with Gasteiger partial charge in [0.2, 0.25) is 0 Å². The first-order chi connectivity index (χ1) is 9.50. The smallest absolute Gasteiger partial charge is 0.255 e. The van der Waals surface area contributed by atoms with E-state index < -0.39 is 0 Å². The Morgan fingerprint density at radius 3 is 2.85 bits per heavy atom. The summed E-state index contributed by atoms with van der Waals surface area (Å²) in [6, 6.07) is 6.63. The van der Waals surface area contributed by atoms with E-state index >= 15 is 0 Å². The number of rotatable bonds is 4. The van der Waals surface area contributed by atoms with Crippen LogP contribution in [0.3, 0.4) is 0 Å². The number of nitrogens with zero attached hydrogens (tertiary/aromatic N) is 1. The fourth-order valence-corrected chi connectivity index (χ4v) is 3.24. The number of hydrogen-bond donors (Lipinski definition) is 1. The first kappa shape index (κ1) is 15.8. The Hall–Kier alpha value is -0.620. The molecular weight excluding hydrogens is 363 g/mol. The van der Waals surface area contributed by atoms with Crippen molar-refractivity contribution in [1.29, 1.82) is 0 Å². The molecule has 1 aromatic rings. The molecule has 0 spiro atoms. The fraction of sp³-hybridized carbons (Fsp3) is 0.562. The van der Waals surface area contributed by atoms with Crippen LogP contribution in [0.5, 0.6) is 0 Å². The minimum Gasteiger partial charge on any atom is -0.335 e. The number of nitrogens with one attached hydrogen (secondary N) is 1. The number of benzene rings is 1. The molecule has 0 aliphatic carbocycles. The largest absolute Gasteiger partial charge is 0.335 e. The summed E-state index contributed by atoms with van der Waals surface area (Å²) >= 11 is 2.28. The zero-order chi connectivity index (χ0) is 14.7. The van der Waals surface area contributed by atoms with Gasteiger partial charge in [-0.15, -0.1) is 0 Å². The Morgan fingerprint density at radius 2 is 2.25 bits per heavy atom. The lowest BCUT2D eigenvalue weighted by molar-refractivity contribution is 0.0688. The molecule has 0 saturated carbocycles. The van der Waals surface area contributed by atoms with Crippen molar-refractivity contribution in [3.8, 4) is 0 Å². The monoisotopic (exact) mass is 386 g/mol. The number of hydrogen-bond acceptors (Lipinski definition) is 2. The Bertz CT molecular complexity index is 481. The van der Waals surface area contributed by atoms with Crippen LogP contribution in [0.25, 0.3) is 0 Å². The van der Waals surface area contributed by atoms with Gasteiger partial charge in [-0.3, -0.25) is 4.79 Å². The summed E-state index contributed by atoms with van der Waals surface area (Å²) in [5.41, 5.74) is 2.00. The van der Waals surface area contributed by atoms with E-state index in [2.05, 4.69) is 54.7 Å². The summed E-state index contributed by atoms with van der Waals surface area (Å²) in [7, 11) is 0. The number of carbonyl (C=O) groups is 1. The lowest BCUT2D eigenvalue weighted by atomic mass is 10.1. The maximum absolute atomic E-state index is 12.8. The van der Waals surface area contributed by atoms with Gasteiger partial charge in [-0.1, -0.05) is 12.1 Å². The summed E-state index contributed by atoms with van der Waals surface area (Å²) in [6.45, 7) is 8.12. The molecule has 1 atom stereocenters. The Morgan fingerprint density at radius 1 is 1.50 bits per heavy atom. The van der Waals surface area contributed by atoms with Gasteiger partial charge in [0.25, 0.3) is 5.91 Å². The molecule has 1 saturated heterocycles. The van der Waals surface area contributed by atoms with E-state index in [0.717, 1.165) is 22.2 Å². The molecule has 1 aliphatic heterocycles. The fourth-order valence-electron chi connectivity index (χ4n) is 2.65. The highest BCUT2D eigenvalue weighted by atomic mass is 127. The van der Waals surface area contributed by atoms with Gasteiger partial charge in [0.15, 0.2) is 0 Å². The third kappa shape index (κ3) is 3.52. The van der Waals surface area contributed by atoms with E-state index in [1.165, 1.54) is 18.4 Å². The van der Waals surface area contributed by atoms with E-state index in [-0.39, 0.29) is 11.9 Å². The van der Waals surface area contributed by atoms with Gasteiger partial charge in [0, 0.05) is 22.2 Å². The van der Waals surface area contributed by atoms with E-state index in [4.69, 9.17) is 0 Å². The lowest BCUT2D eigenvalue weighted by Crippen LogP contribution is -2.45. The third-order valence-corrected chi connectivity index (χ3v) is 5.32. The molecule has 4 heteroatoms. The van der Waals surface area contributed by atoms with Gasteiger partial charge < -0.3 is 10.2 Å². The molecule has 0 bridgehead atoms. The average molecular weight is 386 g/mol. The standard InChI is InChI=1S/C16H23IN2O/c1-11(2)19(10-13-7-5-9-18-13)16(20)14-8-4-6-12(3)15(14)17/h4,6,8,11,13,18H,5,7,9-10H2,1-3H3. The summed E-state index contributed by atoms with van der Waals surface area (Å²) in [6.07, 6.45) is 2.38. The molecule has 0 radical (unpaired) electrons. The van der Waals surface area contributed by atoms with Crippen molar-refractivity contribution in [1.82, 2.24) is 10.2 Å². The van der Waals surface area contributed by atoms with Crippen molar-refractivity contribution < 1.29 is 4.79 Å². The van der Waals surface area contributed by atoms with E-state index in [0.29, 0.717) is 6.04 Å². The van der Waals surface area contributed by atoms with Gasteiger partial charge in [-0.05, 0) is 74.4 Å². The molecule has 1 amide bonds. The quantitative estimate of drug-likeness (QED) is 0.807. The lowest BCUT2D eigenvalue weighted by Gasteiger charge is -2.30. The van der Waals surface area contributed by atoms with Gasteiger partial charge >= 0.3 is 0 Å².